The summed E-state index contributed by atoms with van der Waals surface area (Å²) < 4.78 is 5.57. The topological polar surface area (TPSA) is 26.3 Å². The SMILES string of the molecule is CC(C)(C)OC(=O)C(c1ccccc1)c1ccccc1. The van der Waals surface area contributed by atoms with E-state index < -0.39 is 5.60 Å². The van der Waals surface area contributed by atoms with Crippen LogP contribution in [0.3, 0.4) is 0 Å². The van der Waals surface area contributed by atoms with Crippen molar-refractivity contribution in [1.29, 1.82) is 0 Å². The smallest absolute Gasteiger partial charge is 0.318 e. The van der Waals surface area contributed by atoms with Gasteiger partial charge in [-0.3, -0.25) is 4.79 Å². The second-order valence-electron chi connectivity index (χ2n) is 5.79. The first kappa shape index (κ1) is 14.3. The molecule has 0 radical (unpaired) electrons. The molecule has 0 amide bonds. The number of carbonyl (C=O) groups is 1. The molecule has 0 saturated carbocycles. The van der Waals surface area contributed by atoms with Crippen LogP contribution in [0.15, 0.2) is 60.7 Å². The molecule has 2 rings (SSSR count). The molecule has 0 fully saturated rings. The van der Waals surface area contributed by atoms with Gasteiger partial charge >= 0.3 is 5.97 Å². The van der Waals surface area contributed by atoms with Gasteiger partial charge in [0.2, 0.25) is 0 Å². The van der Waals surface area contributed by atoms with Crippen LogP contribution >= 0.6 is 0 Å². The van der Waals surface area contributed by atoms with Gasteiger partial charge in [0.05, 0.1) is 0 Å². The molecule has 0 aliphatic heterocycles. The molecule has 0 saturated heterocycles. The Morgan fingerprint density at radius 1 is 0.850 bits per heavy atom. The second-order valence-corrected chi connectivity index (χ2v) is 5.79. The lowest BCUT2D eigenvalue weighted by Crippen LogP contribution is -2.28. The number of ether oxygens (including phenoxy) is 1. The van der Waals surface area contributed by atoms with Crippen molar-refractivity contribution in [3.63, 3.8) is 0 Å². The van der Waals surface area contributed by atoms with Gasteiger partial charge in [-0.1, -0.05) is 60.7 Å². The van der Waals surface area contributed by atoms with Crippen LogP contribution in [-0.2, 0) is 9.53 Å². The quantitative estimate of drug-likeness (QED) is 0.781. The molecular formula is C18H20O2. The van der Waals surface area contributed by atoms with E-state index >= 15 is 0 Å². The Hall–Kier alpha value is -2.09. The summed E-state index contributed by atoms with van der Waals surface area (Å²) in [4.78, 5) is 12.5. The van der Waals surface area contributed by atoms with E-state index in [2.05, 4.69) is 0 Å². The van der Waals surface area contributed by atoms with Crippen LogP contribution in [-0.4, -0.2) is 11.6 Å². The summed E-state index contributed by atoms with van der Waals surface area (Å²) in [6.07, 6.45) is 0. The molecule has 0 bridgehead atoms. The summed E-state index contributed by atoms with van der Waals surface area (Å²) in [5, 5.41) is 0. The summed E-state index contributed by atoms with van der Waals surface area (Å²) in [6.45, 7) is 5.66. The van der Waals surface area contributed by atoms with E-state index in [0.717, 1.165) is 11.1 Å². The lowest BCUT2D eigenvalue weighted by molar-refractivity contribution is -0.155. The third-order valence-corrected chi connectivity index (χ3v) is 2.91. The van der Waals surface area contributed by atoms with E-state index in [1.165, 1.54) is 0 Å². The molecular weight excluding hydrogens is 248 g/mol. The van der Waals surface area contributed by atoms with E-state index in [-0.39, 0.29) is 11.9 Å². The van der Waals surface area contributed by atoms with Gasteiger partial charge in [-0.15, -0.1) is 0 Å². The fourth-order valence-corrected chi connectivity index (χ4v) is 2.12. The van der Waals surface area contributed by atoms with E-state index in [1.807, 2.05) is 81.4 Å². The van der Waals surface area contributed by atoms with Gasteiger partial charge in [-0.05, 0) is 31.9 Å². The molecule has 2 heteroatoms. The summed E-state index contributed by atoms with van der Waals surface area (Å²) >= 11 is 0. The minimum atomic E-state index is -0.487. The minimum absolute atomic E-state index is 0.213. The predicted octanol–water partition coefficient (Wildman–Crippen LogP) is 4.16. The molecule has 2 aromatic rings. The Balaban J connectivity index is 2.38. The van der Waals surface area contributed by atoms with Crippen molar-refractivity contribution in [3.8, 4) is 0 Å². The molecule has 2 nitrogen and oxygen atoms in total. The lowest BCUT2D eigenvalue weighted by atomic mass is 9.91. The Morgan fingerprint density at radius 2 is 1.25 bits per heavy atom. The fourth-order valence-electron chi connectivity index (χ4n) is 2.12. The standard InChI is InChI=1S/C18H20O2/c1-18(2,3)20-17(19)16(14-10-6-4-7-11-14)15-12-8-5-9-13-15/h4-13,16H,1-3H3. The molecule has 0 aromatic heterocycles. The monoisotopic (exact) mass is 268 g/mol. The highest BCUT2D eigenvalue weighted by molar-refractivity contribution is 5.82. The molecule has 2 aromatic carbocycles. The number of hydrogen-bond donors (Lipinski definition) is 0. The van der Waals surface area contributed by atoms with Crippen LogP contribution in [0.5, 0.6) is 0 Å². The normalized spacial score (nSPS) is 11.4. The van der Waals surface area contributed by atoms with E-state index in [9.17, 15) is 4.79 Å². The van der Waals surface area contributed by atoms with Crippen molar-refractivity contribution >= 4 is 5.97 Å². The molecule has 20 heavy (non-hydrogen) atoms. The van der Waals surface area contributed by atoms with Gasteiger partial charge in [0.25, 0.3) is 0 Å². The van der Waals surface area contributed by atoms with E-state index in [0.29, 0.717) is 0 Å². The largest absolute Gasteiger partial charge is 0.459 e. The van der Waals surface area contributed by atoms with Crippen LogP contribution in [0.2, 0.25) is 0 Å². The fraction of sp³-hybridized carbons (Fsp3) is 0.278. The maximum absolute atomic E-state index is 12.5. The van der Waals surface area contributed by atoms with Gasteiger partial charge in [0.15, 0.2) is 0 Å². The van der Waals surface area contributed by atoms with Crippen LogP contribution < -0.4 is 0 Å². The number of carbonyl (C=O) groups excluding carboxylic acids is 1. The lowest BCUT2D eigenvalue weighted by Gasteiger charge is -2.24. The Labute approximate surface area is 120 Å². The van der Waals surface area contributed by atoms with Gasteiger partial charge < -0.3 is 4.74 Å². The van der Waals surface area contributed by atoms with Gasteiger partial charge in [0, 0.05) is 0 Å². The summed E-state index contributed by atoms with van der Waals surface area (Å²) in [6, 6.07) is 19.5. The van der Waals surface area contributed by atoms with Crippen LogP contribution in [0, 0.1) is 0 Å². The Kier molecular flexibility index (Phi) is 4.23. The highest BCUT2D eigenvalue weighted by Crippen LogP contribution is 2.27. The molecule has 0 atom stereocenters. The maximum atomic E-state index is 12.5. The summed E-state index contributed by atoms with van der Waals surface area (Å²) in [5.74, 6) is -0.591. The molecule has 0 heterocycles. The Morgan fingerprint density at radius 3 is 1.60 bits per heavy atom. The first-order valence-electron chi connectivity index (χ1n) is 6.80. The van der Waals surface area contributed by atoms with E-state index in [4.69, 9.17) is 4.74 Å². The Bertz CT molecular complexity index is 513. The van der Waals surface area contributed by atoms with Crippen molar-refractivity contribution in [1.82, 2.24) is 0 Å². The average Bonchev–Trinajstić information content (AvgIpc) is 2.39. The van der Waals surface area contributed by atoms with Crippen LogP contribution in [0.4, 0.5) is 0 Å². The van der Waals surface area contributed by atoms with Gasteiger partial charge in [0.1, 0.15) is 11.5 Å². The van der Waals surface area contributed by atoms with Crippen molar-refractivity contribution < 1.29 is 9.53 Å². The third-order valence-electron chi connectivity index (χ3n) is 2.91. The maximum Gasteiger partial charge on any atom is 0.318 e. The molecule has 0 spiro atoms. The number of rotatable bonds is 3. The van der Waals surface area contributed by atoms with Crippen molar-refractivity contribution in [2.45, 2.75) is 32.3 Å². The zero-order valence-corrected chi connectivity index (χ0v) is 12.2. The molecule has 0 N–H and O–H groups in total. The van der Waals surface area contributed by atoms with Crippen LogP contribution in [0.25, 0.3) is 0 Å². The number of hydrogen-bond acceptors (Lipinski definition) is 2. The van der Waals surface area contributed by atoms with Gasteiger partial charge in [-0.2, -0.15) is 0 Å². The molecule has 0 unspecified atom stereocenters. The average molecular weight is 268 g/mol. The van der Waals surface area contributed by atoms with Gasteiger partial charge in [-0.25, -0.2) is 0 Å². The van der Waals surface area contributed by atoms with Crippen molar-refractivity contribution in [2.75, 3.05) is 0 Å². The van der Waals surface area contributed by atoms with Crippen molar-refractivity contribution in [3.05, 3.63) is 71.8 Å². The third kappa shape index (κ3) is 3.70. The summed E-state index contributed by atoms with van der Waals surface area (Å²) in [7, 11) is 0. The highest BCUT2D eigenvalue weighted by Gasteiger charge is 2.27. The number of benzene rings is 2. The zero-order chi connectivity index (χ0) is 14.6. The predicted molar refractivity (Wildman–Crippen MR) is 80.6 cm³/mol. The van der Waals surface area contributed by atoms with Crippen LogP contribution in [0.1, 0.15) is 37.8 Å². The zero-order valence-electron chi connectivity index (χ0n) is 12.2. The first-order valence-corrected chi connectivity index (χ1v) is 6.80. The van der Waals surface area contributed by atoms with E-state index in [1.54, 1.807) is 0 Å². The molecule has 0 aliphatic rings. The first-order chi connectivity index (χ1) is 9.47. The van der Waals surface area contributed by atoms with Crippen molar-refractivity contribution in [2.24, 2.45) is 0 Å². The number of esters is 1. The highest BCUT2D eigenvalue weighted by atomic mass is 16.6. The minimum Gasteiger partial charge on any atom is -0.459 e. The molecule has 0 aliphatic carbocycles. The molecule has 104 valence electrons. The second kappa shape index (κ2) is 5.91. The summed E-state index contributed by atoms with van der Waals surface area (Å²) in [5.41, 5.74) is 1.42.